The van der Waals surface area contributed by atoms with Gasteiger partial charge in [-0.25, -0.2) is 4.98 Å². The highest BCUT2D eigenvalue weighted by Gasteiger charge is 2.11. The molecule has 0 saturated heterocycles. The Morgan fingerprint density at radius 3 is 2.48 bits per heavy atom. The van der Waals surface area contributed by atoms with Gasteiger partial charge in [0.1, 0.15) is 5.82 Å². The molecule has 140 valence electrons. The van der Waals surface area contributed by atoms with Gasteiger partial charge < -0.3 is 10.2 Å². The zero-order chi connectivity index (χ0) is 19.1. The average molecular weight is 361 g/mol. The Bertz CT molecular complexity index is 836. The maximum absolute atomic E-state index is 4.75. The Morgan fingerprint density at radius 2 is 1.78 bits per heavy atom. The second kappa shape index (κ2) is 9.12. The van der Waals surface area contributed by atoms with Crippen molar-refractivity contribution in [1.82, 2.24) is 15.0 Å². The van der Waals surface area contributed by atoms with Gasteiger partial charge in [-0.15, -0.1) is 0 Å². The van der Waals surface area contributed by atoms with Gasteiger partial charge >= 0.3 is 0 Å². The minimum Gasteiger partial charge on any atom is -0.359 e. The van der Waals surface area contributed by atoms with Crippen LogP contribution >= 0.6 is 0 Å². The van der Waals surface area contributed by atoms with Crippen LogP contribution < -0.4 is 10.2 Å². The molecule has 2 heterocycles. The second-order valence-electron chi connectivity index (χ2n) is 6.78. The number of benzene rings is 1. The van der Waals surface area contributed by atoms with Gasteiger partial charge in [-0.05, 0) is 37.5 Å². The number of rotatable bonds is 8. The fourth-order valence-corrected chi connectivity index (χ4v) is 2.73. The van der Waals surface area contributed by atoms with Gasteiger partial charge in [0.2, 0.25) is 5.95 Å². The van der Waals surface area contributed by atoms with E-state index < -0.39 is 0 Å². The van der Waals surface area contributed by atoms with E-state index in [9.17, 15) is 0 Å². The molecule has 27 heavy (non-hydrogen) atoms. The molecule has 0 radical (unpaired) electrons. The third-order valence-corrected chi connectivity index (χ3v) is 4.65. The highest BCUT2D eigenvalue weighted by Crippen LogP contribution is 2.23. The number of nitrogens with one attached hydrogen (secondary N) is 1. The van der Waals surface area contributed by atoms with Crippen molar-refractivity contribution in [3.05, 3.63) is 66.5 Å². The normalized spacial score (nSPS) is 11.8. The largest absolute Gasteiger partial charge is 0.359 e. The van der Waals surface area contributed by atoms with Crippen molar-refractivity contribution in [3.63, 3.8) is 0 Å². The summed E-state index contributed by atoms with van der Waals surface area (Å²) < 4.78 is 0. The second-order valence-corrected chi connectivity index (χ2v) is 6.78. The Hall–Kier alpha value is -2.95. The van der Waals surface area contributed by atoms with Crippen LogP contribution in [0.1, 0.15) is 25.8 Å². The van der Waals surface area contributed by atoms with Gasteiger partial charge in [0.15, 0.2) is 0 Å². The van der Waals surface area contributed by atoms with Crippen molar-refractivity contribution in [2.45, 2.75) is 32.7 Å². The van der Waals surface area contributed by atoms with Crippen molar-refractivity contribution in [1.29, 1.82) is 0 Å². The predicted octanol–water partition coefficient (Wildman–Crippen LogP) is 4.43. The van der Waals surface area contributed by atoms with E-state index in [0.717, 1.165) is 36.5 Å². The van der Waals surface area contributed by atoms with Crippen LogP contribution in [0.4, 0.5) is 11.8 Å². The van der Waals surface area contributed by atoms with E-state index in [1.165, 1.54) is 5.56 Å². The summed E-state index contributed by atoms with van der Waals surface area (Å²) in [5.41, 5.74) is 3.30. The first kappa shape index (κ1) is 18.8. The van der Waals surface area contributed by atoms with Gasteiger partial charge in [-0.3, -0.25) is 4.98 Å². The van der Waals surface area contributed by atoms with E-state index >= 15 is 0 Å². The lowest BCUT2D eigenvalue weighted by molar-refractivity contribution is 0.751. The number of hydrogen-bond acceptors (Lipinski definition) is 5. The SMILES string of the molecule is CCC(C)Nc1nc(-c2ccccc2)cc(N(C)CCc2ccncc2)n1. The maximum Gasteiger partial charge on any atom is 0.225 e. The van der Waals surface area contributed by atoms with Crippen LogP contribution in [0, 0.1) is 0 Å². The molecular weight excluding hydrogens is 334 g/mol. The van der Waals surface area contributed by atoms with Crippen LogP contribution in [-0.2, 0) is 6.42 Å². The first-order valence-corrected chi connectivity index (χ1v) is 9.46. The molecule has 0 fully saturated rings. The van der Waals surface area contributed by atoms with Gasteiger partial charge in [-0.1, -0.05) is 37.3 Å². The van der Waals surface area contributed by atoms with E-state index in [1.807, 2.05) is 30.6 Å². The molecule has 1 unspecified atom stereocenters. The van der Waals surface area contributed by atoms with Crippen molar-refractivity contribution >= 4 is 11.8 Å². The molecule has 5 heteroatoms. The van der Waals surface area contributed by atoms with Crippen LogP contribution in [-0.4, -0.2) is 34.6 Å². The van der Waals surface area contributed by atoms with Crippen molar-refractivity contribution < 1.29 is 0 Å². The summed E-state index contributed by atoms with van der Waals surface area (Å²) >= 11 is 0. The summed E-state index contributed by atoms with van der Waals surface area (Å²) in [6.07, 6.45) is 5.63. The molecule has 1 atom stereocenters. The van der Waals surface area contributed by atoms with Crippen molar-refractivity contribution in [3.8, 4) is 11.3 Å². The lowest BCUT2D eigenvalue weighted by Gasteiger charge is -2.21. The van der Waals surface area contributed by atoms with E-state index in [-0.39, 0.29) is 0 Å². The molecule has 2 aromatic heterocycles. The van der Waals surface area contributed by atoms with Crippen molar-refractivity contribution in [2.75, 3.05) is 23.8 Å². The van der Waals surface area contributed by atoms with E-state index in [1.54, 1.807) is 0 Å². The molecule has 0 saturated carbocycles. The van der Waals surface area contributed by atoms with E-state index in [4.69, 9.17) is 9.97 Å². The number of aromatic nitrogens is 3. The van der Waals surface area contributed by atoms with Crippen LogP contribution in [0.2, 0.25) is 0 Å². The zero-order valence-electron chi connectivity index (χ0n) is 16.3. The first-order chi connectivity index (χ1) is 13.2. The maximum atomic E-state index is 4.75. The predicted molar refractivity (Wildman–Crippen MR) is 112 cm³/mol. The van der Waals surface area contributed by atoms with Gasteiger partial charge in [0, 0.05) is 43.7 Å². The standard InChI is InChI=1S/C22H27N5/c1-4-17(2)24-22-25-20(19-8-6-5-7-9-19)16-21(26-22)27(3)15-12-18-10-13-23-14-11-18/h5-11,13-14,16-17H,4,12,15H2,1-3H3,(H,24,25,26). The van der Waals surface area contributed by atoms with Crippen LogP contribution in [0.25, 0.3) is 11.3 Å². The van der Waals surface area contributed by atoms with Gasteiger partial charge in [0.05, 0.1) is 5.69 Å². The lowest BCUT2D eigenvalue weighted by Crippen LogP contribution is -2.23. The van der Waals surface area contributed by atoms with Crippen LogP contribution in [0.5, 0.6) is 0 Å². The zero-order valence-corrected chi connectivity index (χ0v) is 16.3. The van der Waals surface area contributed by atoms with Gasteiger partial charge in [-0.2, -0.15) is 4.98 Å². The molecule has 1 N–H and O–H groups in total. The molecule has 0 aliphatic carbocycles. The van der Waals surface area contributed by atoms with Crippen molar-refractivity contribution in [2.24, 2.45) is 0 Å². The Labute approximate surface area is 161 Å². The van der Waals surface area contributed by atoms with E-state index in [2.05, 4.69) is 66.4 Å². The number of hydrogen-bond donors (Lipinski definition) is 1. The average Bonchev–Trinajstić information content (AvgIpc) is 2.73. The summed E-state index contributed by atoms with van der Waals surface area (Å²) in [5, 5.41) is 3.41. The van der Waals surface area contributed by atoms with Gasteiger partial charge in [0.25, 0.3) is 0 Å². The summed E-state index contributed by atoms with van der Waals surface area (Å²) in [6.45, 7) is 5.17. The smallest absolute Gasteiger partial charge is 0.225 e. The minimum atomic E-state index is 0.325. The summed E-state index contributed by atoms with van der Waals surface area (Å²) in [5.74, 6) is 1.60. The quantitative estimate of drug-likeness (QED) is 0.643. The molecule has 3 aromatic rings. The summed E-state index contributed by atoms with van der Waals surface area (Å²) in [6, 6.07) is 16.7. The summed E-state index contributed by atoms with van der Waals surface area (Å²) in [7, 11) is 2.07. The summed E-state index contributed by atoms with van der Waals surface area (Å²) in [4.78, 5) is 15.7. The fraction of sp³-hybridized carbons (Fsp3) is 0.318. The molecular formula is C22H27N5. The highest BCUT2D eigenvalue weighted by molar-refractivity contribution is 5.64. The van der Waals surface area contributed by atoms with Crippen LogP contribution in [0.3, 0.4) is 0 Å². The molecule has 3 rings (SSSR count). The molecule has 5 nitrogen and oxygen atoms in total. The molecule has 0 aliphatic heterocycles. The Balaban J connectivity index is 1.84. The molecule has 0 amide bonds. The minimum absolute atomic E-state index is 0.325. The fourth-order valence-electron chi connectivity index (χ4n) is 2.73. The first-order valence-electron chi connectivity index (χ1n) is 9.46. The third kappa shape index (κ3) is 5.26. The number of pyridine rings is 1. The molecule has 0 bridgehead atoms. The topological polar surface area (TPSA) is 53.9 Å². The molecule has 0 spiro atoms. The number of nitrogens with zero attached hydrogens (tertiary/aromatic N) is 4. The highest BCUT2D eigenvalue weighted by atomic mass is 15.2. The number of likely N-dealkylation sites (N-methyl/N-ethyl adjacent to an activating group) is 1. The number of anilines is 2. The Morgan fingerprint density at radius 1 is 1.04 bits per heavy atom. The Kier molecular flexibility index (Phi) is 6.36. The molecule has 0 aliphatic rings. The monoisotopic (exact) mass is 361 g/mol. The lowest BCUT2D eigenvalue weighted by atomic mass is 10.1. The van der Waals surface area contributed by atoms with Crippen LogP contribution in [0.15, 0.2) is 60.9 Å². The molecule has 1 aromatic carbocycles. The third-order valence-electron chi connectivity index (χ3n) is 4.65. The van der Waals surface area contributed by atoms with E-state index in [0.29, 0.717) is 12.0 Å².